The SMILES string of the molecule is CCn1nc(-c2ccc3ccccc3c2)c2c1NCCCC2. The lowest BCUT2D eigenvalue weighted by molar-refractivity contribution is 0.665. The van der Waals surface area contributed by atoms with Crippen LogP contribution < -0.4 is 5.32 Å². The summed E-state index contributed by atoms with van der Waals surface area (Å²) in [6.45, 7) is 4.11. The van der Waals surface area contributed by atoms with E-state index in [1.165, 1.54) is 40.6 Å². The standard InChI is InChI=1S/C19H21N3/c1-2-22-19-17(9-5-6-12-20-19)18(21-22)16-11-10-14-7-3-4-8-15(14)13-16/h3-4,7-8,10-11,13,20H,2,5-6,9,12H2,1H3. The Morgan fingerprint density at radius 3 is 2.82 bits per heavy atom. The second kappa shape index (κ2) is 5.48. The quantitative estimate of drug-likeness (QED) is 0.755. The van der Waals surface area contributed by atoms with Crippen LogP contribution in [-0.2, 0) is 13.0 Å². The Morgan fingerprint density at radius 1 is 1.09 bits per heavy atom. The van der Waals surface area contributed by atoms with E-state index in [2.05, 4.69) is 59.4 Å². The molecule has 2 heterocycles. The first kappa shape index (κ1) is 13.4. The number of benzene rings is 2. The Morgan fingerprint density at radius 2 is 1.95 bits per heavy atom. The summed E-state index contributed by atoms with van der Waals surface area (Å²) in [6.07, 6.45) is 3.58. The maximum Gasteiger partial charge on any atom is 0.128 e. The second-order valence-corrected chi connectivity index (χ2v) is 5.94. The Kier molecular flexibility index (Phi) is 3.34. The van der Waals surface area contributed by atoms with Gasteiger partial charge >= 0.3 is 0 Å². The number of fused-ring (bicyclic) bond motifs is 2. The van der Waals surface area contributed by atoms with Crippen LogP contribution in [0.2, 0.25) is 0 Å². The number of aryl methyl sites for hydroxylation is 1. The van der Waals surface area contributed by atoms with Gasteiger partial charge in [0.15, 0.2) is 0 Å². The van der Waals surface area contributed by atoms with Crippen molar-refractivity contribution >= 4 is 16.6 Å². The first-order valence-electron chi connectivity index (χ1n) is 8.19. The van der Waals surface area contributed by atoms with E-state index in [1.807, 2.05) is 0 Å². The number of nitrogens with one attached hydrogen (secondary N) is 1. The van der Waals surface area contributed by atoms with Crippen molar-refractivity contribution in [2.45, 2.75) is 32.7 Å². The fourth-order valence-corrected chi connectivity index (χ4v) is 3.36. The van der Waals surface area contributed by atoms with E-state index in [-0.39, 0.29) is 0 Å². The lowest BCUT2D eigenvalue weighted by Gasteiger charge is -2.06. The molecule has 1 aromatic heterocycles. The third-order valence-electron chi connectivity index (χ3n) is 4.52. The van der Waals surface area contributed by atoms with E-state index < -0.39 is 0 Å². The predicted molar refractivity (Wildman–Crippen MR) is 92.3 cm³/mol. The number of nitrogens with zero attached hydrogens (tertiary/aromatic N) is 2. The molecule has 1 aliphatic heterocycles. The van der Waals surface area contributed by atoms with Gasteiger partial charge < -0.3 is 5.32 Å². The third kappa shape index (κ3) is 2.17. The molecule has 0 atom stereocenters. The molecule has 3 aromatic rings. The van der Waals surface area contributed by atoms with Crippen molar-refractivity contribution in [3.63, 3.8) is 0 Å². The molecule has 2 aromatic carbocycles. The van der Waals surface area contributed by atoms with Gasteiger partial charge in [0.05, 0.1) is 5.69 Å². The fourth-order valence-electron chi connectivity index (χ4n) is 3.36. The summed E-state index contributed by atoms with van der Waals surface area (Å²) < 4.78 is 2.12. The van der Waals surface area contributed by atoms with E-state index in [1.54, 1.807) is 0 Å². The summed E-state index contributed by atoms with van der Waals surface area (Å²) in [4.78, 5) is 0. The summed E-state index contributed by atoms with van der Waals surface area (Å²) in [7, 11) is 0. The first-order valence-corrected chi connectivity index (χ1v) is 8.19. The molecule has 0 aliphatic carbocycles. The van der Waals surface area contributed by atoms with Crippen LogP contribution in [0.3, 0.4) is 0 Å². The van der Waals surface area contributed by atoms with Crippen molar-refractivity contribution < 1.29 is 0 Å². The average Bonchev–Trinajstić information content (AvgIpc) is 2.75. The average molecular weight is 291 g/mol. The number of rotatable bonds is 2. The molecule has 0 saturated heterocycles. The summed E-state index contributed by atoms with van der Waals surface area (Å²) >= 11 is 0. The van der Waals surface area contributed by atoms with Crippen molar-refractivity contribution in [2.24, 2.45) is 0 Å². The van der Waals surface area contributed by atoms with Crippen molar-refractivity contribution in [1.82, 2.24) is 9.78 Å². The molecule has 0 amide bonds. The Labute approximate surface area is 131 Å². The molecule has 1 N–H and O–H groups in total. The molecule has 22 heavy (non-hydrogen) atoms. The van der Waals surface area contributed by atoms with Crippen molar-refractivity contribution in [2.75, 3.05) is 11.9 Å². The zero-order chi connectivity index (χ0) is 14.9. The lowest BCUT2D eigenvalue weighted by Crippen LogP contribution is -2.07. The topological polar surface area (TPSA) is 29.9 Å². The third-order valence-corrected chi connectivity index (χ3v) is 4.52. The van der Waals surface area contributed by atoms with Gasteiger partial charge in [-0.2, -0.15) is 5.10 Å². The molecule has 3 nitrogen and oxygen atoms in total. The molecule has 0 unspecified atom stereocenters. The minimum atomic E-state index is 0.906. The highest BCUT2D eigenvalue weighted by atomic mass is 15.3. The Bertz CT molecular complexity index is 817. The van der Waals surface area contributed by atoms with E-state index in [4.69, 9.17) is 5.10 Å². The van der Waals surface area contributed by atoms with Gasteiger partial charge in [-0.05, 0) is 43.0 Å². The lowest BCUT2D eigenvalue weighted by atomic mass is 10.0. The van der Waals surface area contributed by atoms with Crippen LogP contribution >= 0.6 is 0 Å². The Balaban J connectivity index is 1.88. The van der Waals surface area contributed by atoms with Crippen molar-refractivity contribution in [1.29, 1.82) is 0 Å². The predicted octanol–water partition coefficient (Wildman–Crippen LogP) is 4.47. The molecule has 4 rings (SSSR count). The van der Waals surface area contributed by atoms with E-state index in [0.717, 1.165) is 25.2 Å². The minimum Gasteiger partial charge on any atom is -0.370 e. The highest BCUT2D eigenvalue weighted by Crippen LogP contribution is 2.33. The van der Waals surface area contributed by atoms with Crippen LogP contribution in [0, 0.1) is 0 Å². The van der Waals surface area contributed by atoms with Crippen LogP contribution in [0.5, 0.6) is 0 Å². The number of aromatic nitrogens is 2. The zero-order valence-corrected chi connectivity index (χ0v) is 13.0. The highest BCUT2D eigenvalue weighted by molar-refractivity contribution is 5.87. The molecule has 0 bridgehead atoms. The van der Waals surface area contributed by atoms with Crippen LogP contribution in [0.1, 0.15) is 25.3 Å². The molecule has 0 saturated carbocycles. The van der Waals surface area contributed by atoms with Gasteiger partial charge in [0.1, 0.15) is 5.82 Å². The Hall–Kier alpha value is -2.29. The van der Waals surface area contributed by atoms with E-state index in [9.17, 15) is 0 Å². The molecule has 0 radical (unpaired) electrons. The van der Waals surface area contributed by atoms with Gasteiger partial charge in [-0.1, -0.05) is 36.4 Å². The largest absolute Gasteiger partial charge is 0.370 e. The first-order chi connectivity index (χ1) is 10.9. The van der Waals surface area contributed by atoms with E-state index >= 15 is 0 Å². The van der Waals surface area contributed by atoms with Crippen molar-refractivity contribution in [3.05, 3.63) is 48.0 Å². The van der Waals surface area contributed by atoms with Crippen LogP contribution in [0.25, 0.3) is 22.0 Å². The van der Waals surface area contributed by atoms with Gasteiger partial charge in [-0.3, -0.25) is 0 Å². The van der Waals surface area contributed by atoms with Gasteiger partial charge in [0.25, 0.3) is 0 Å². The smallest absolute Gasteiger partial charge is 0.128 e. The summed E-state index contributed by atoms with van der Waals surface area (Å²) in [5, 5.41) is 11.0. The molecule has 0 fully saturated rings. The van der Waals surface area contributed by atoms with Crippen LogP contribution in [0.15, 0.2) is 42.5 Å². The number of hydrogen-bond acceptors (Lipinski definition) is 2. The van der Waals surface area contributed by atoms with Crippen LogP contribution in [0.4, 0.5) is 5.82 Å². The van der Waals surface area contributed by atoms with Gasteiger partial charge in [-0.15, -0.1) is 0 Å². The normalized spacial score (nSPS) is 14.4. The minimum absolute atomic E-state index is 0.906. The molecule has 1 aliphatic rings. The molecular formula is C19H21N3. The maximum absolute atomic E-state index is 4.88. The van der Waals surface area contributed by atoms with Gasteiger partial charge in [-0.25, -0.2) is 4.68 Å². The molecule has 0 spiro atoms. The molecule has 112 valence electrons. The zero-order valence-electron chi connectivity index (χ0n) is 13.0. The maximum atomic E-state index is 4.88. The number of hydrogen-bond donors (Lipinski definition) is 1. The second-order valence-electron chi connectivity index (χ2n) is 5.94. The van der Waals surface area contributed by atoms with Crippen LogP contribution in [-0.4, -0.2) is 16.3 Å². The van der Waals surface area contributed by atoms with Crippen molar-refractivity contribution in [3.8, 4) is 11.3 Å². The summed E-state index contributed by atoms with van der Waals surface area (Å²) in [5.41, 5.74) is 3.76. The monoisotopic (exact) mass is 291 g/mol. The summed E-state index contributed by atoms with van der Waals surface area (Å²) in [6, 6.07) is 15.2. The van der Waals surface area contributed by atoms with Gasteiger partial charge in [0, 0.05) is 24.2 Å². The molecule has 3 heteroatoms. The highest BCUT2D eigenvalue weighted by Gasteiger charge is 2.20. The number of anilines is 1. The summed E-state index contributed by atoms with van der Waals surface area (Å²) in [5.74, 6) is 1.23. The molecular weight excluding hydrogens is 270 g/mol. The van der Waals surface area contributed by atoms with Gasteiger partial charge in [0.2, 0.25) is 0 Å². The van der Waals surface area contributed by atoms with E-state index in [0.29, 0.717) is 0 Å². The fraction of sp³-hybridized carbons (Fsp3) is 0.316.